The second kappa shape index (κ2) is 6.77. The van der Waals surface area contributed by atoms with Crippen molar-refractivity contribution in [3.05, 3.63) is 58.1 Å². The molecular weight excluding hydrogens is 318 g/mol. The molecule has 20 heavy (non-hydrogen) atoms. The molecule has 0 bridgehead atoms. The molecule has 0 fully saturated rings. The lowest BCUT2D eigenvalue weighted by molar-refractivity contribution is 0.408. The molecule has 0 aromatic heterocycles. The van der Waals surface area contributed by atoms with E-state index in [0.29, 0.717) is 6.54 Å². The van der Waals surface area contributed by atoms with Gasteiger partial charge in [0.25, 0.3) is 0 Å². The molecule has 2 aromatic rings. The van der Waals surface area contributed by atoms with E-state index in [1.54, 1.807) is 19.2 Å². The van der Waals surface area contributed by atoms with Gasteiger partial charge in [-0.2, -0.15) is 0 Å². The molecular formula is C16H18BrNO2. The fourth-order valence-electron chi connectivity index (χ4n) is 2.26. The number of hydrogen-bond donors (Lipinski definition) is 2. The summed E-state index contributed by atoms with van der Waals surface area (Å²) in [6.45, 7) is 0.542. The molecule has 1 unspecified atom stereocenters. The lowest BCUT2D eigenvalue weighted by atomic mass is 9.91. The van der Waals surface area contributed by atoms with Crippen LogP contribution >= 0.6 is 15.9 Å². The Labute approximate surface area is 127 Å². The minimum Gasteiger partial charge on any atom is -0.508 e. The molecule has 3 N–H and O–H groups in total. The first-order chi connectivity index (χ1) is 9.63. The summed E-state index contributed by atoms with van der Waals surface area (Å²) < 4.78 is 6.42. The van der Waals surface area contributed by atoms with E-state index in [9.17, 15) is 5.11 Å². The first kappa shape index (κ1) is 14.9. The molecule has 0 spiro atoms. The number of methoxy groups -OCH3 is 1. The van der Waals surface area contributed by atoms with E-state index in [-0.39, 0.29) is 11.7 Å². The largest absolute Gasteiger partial charge is 0.508 e. The molecule has 0 aliphatic carbocycles. The zero-order valence-corrected chi connectivity index (χ0v) is 12.9. The minimum atomic E-state index is 0.193. The van der Waals surface area contributed by atoms with Crippen LogP contribution in [-0.4, -0.2) is 18.8 Å². The van der Waals surface area contributed by atoms with Crippen molar-refractivity contribution < 1.29 is 9.84 Å². The van der Waals surface area contributed by atoms with Crippen molar-refractivity contribution in [2.45, 2.75) is 12.3 Å². The number of phenolic OH excluding ortho intramolecular Hbond substituents is 1. The summed E-state index contributed by atoms with van der Waals surface area (Å²) in [6, 6.07) is 13.2. The highest BCUT2D eigenvalue weighted by molar-refractivity contribution is 9.10. The predicted molar refractivity (Wildman–Crippen MR) is 84.3 cm³/mol. The maximum Gasteiger partial charge on any atom is 0.122 e. The zero-order valence-electron chi connectivity index (χ0n) is 11.3. The van der Waals surface area contributed by atoms with Crippen LogP contribution in [0.15, 0.2) is 46.9 Å². The van der Waals surface area contributed by atoms with Crippen molar-refractivity contribution in [2.24, 2.45) is 5.73 Å². The molecule has 3 nitrogen and oxygen atoms in total. The fraction of sp³-hybridized carbons (Fsp3) is 0.250. The van der Waals surface area contributed by atoms with E-state index in [2.05, 4.69) is 22.0 Å². The Kier molecular flexibility index (Phi) is 5.04. The Balaban J connectivity index is 2.26. The molecule has 0 radical (unpaired) electrons. The molecule has 0 amide bonds. The number of ether oxygens (including phenoxy) is 1. The highest BCUT2D eigenvalue weighted by Crippen LogP contribution is 2.29. The van der Waals surface area contributed by atoms with Gasteiger partial charge in [0.2, 0.25) is 0 Å². The van der Waals surface area contributed by atoms with Gasteiger partial charge in [-0.05, 0) is 54.4 Å². The Bertz CT molecular complexity index is 569. The second-order valence-corrected chi connectivity index (χ2v) is 5.60. The number of aromatic hydroxyl groups is 1. The van der Waals surface area contributed by atoms with Gasteiger partial charge < -0.3 is 15.6 Å². The topological polar surface area (TPSA) is 55.5 Å². The minimum absolute atomic E-state index is 0.193. The van der Waals surface area contributed by atoms with Crippen molar-refractivity contribution in [1.29, 1.82) is 0 Å². The molecule has 0 heterocycles. The highest BCUT2D eigenvalue weighted by atomic mass is 79.9. The molecule has 0 saturated carbocycles. The molecule has 4 heteroatoms. The summed E-state index contributed by atoms with van der Waals surface area (Å²) >= 11 is 3.48. The van der Waals surface area contributed by atoms with Gasteiger partial charge in [0, 0.05) is 10.4 Å². The Morgan fingerprint density at radius 1 is 1.20 bits per heavy atom. The molecule has 1 atom stereocenters. The van der Waals surface area contributed by atoms with Crippen LogP contribution in [0.25, 0.3) is 0 Å². The number of nitrogens with two attached hydrogens (primary N) is 1. The lowest BCUT2D eigenvalue weighted by Crippen LogP contribution is -2.15. The molecule has 0 aliphatic rings. The van der Waals surface area contributed by atoms with Gasteiger partial charge in [0.05, 0.1) is 7.11 Å². The average Bonchev–Trinajstić information content (AvgIpc) is 2.46. The van der Waals surface area contributed by atoms with Gasteiger partial charge in [-0.3, -0.25) is 0 Å². The number of rotatable bonds is 5. The number of phenols is 1. The normalized spacial score (nSPS) is 12.2. The van der Waals surface area contributed by atoms with Gasteiger partial charge in [0.15, 0.2) is 0 Å². The summed E-state index contributed by atoms with van der Waals surface area (Å²) in [5.41, 5.74) is 8.14. The Hall–Kier alpha value is -1.52. The van der Waals surface area contributed by atoms with Crippen LogP contribution in [0.5, 0.6) is 11.5 Å². The summed E-state index contributed by atoms with van der Waals surface area (Å²) in [5.74, 6) is 1.33. The summed E-state index contributed by atoms with van der Waals surface area (Å²) in [4.78, 5) is 0. The quantitative estimate of drug-likeness (QED) is 0.879. The van der Waals surface area contributed by atoms with Gasteiger partial charge in [0.1, 0.15) is 11.5 Å². The first-order valence-electron chi connectivity index (χ1n) is 6.45. The maximum atomic E-state index is 9.36. The number of halogens is 1. The molecule has 0 saturated heterocycles. The third-order valence-corrected chi connectivity index (χ3v) is 3.85. The molecule has 2 rings (SSSR count). The van der Waals surface area contributed by atoms with Crippen LogP contribution in [0, 0.1) is 0 Å². The fourth-order valence-corrected chi connectivity index (χ4v) is 2.66. The van der Waals surface area contributed by atoms with Crippen molar-refractivity contribution in [3.63, 3.8) is 0 Å². The van der Waals surface area contributed by atoms with Crippen LogP contribution in [0.4, 0.5) is 0 Å². The smallest absolute Gasteiger partial charge is 0.122 e. The van der Waals surface area contributed by atoms with Crippen molar-refractivity contribution in [1.82, 2.24) is 0 Å². The number of benzene rings is 2. The van der Waals surface area contributed by atoms with Gasteiger partial charge in [-0.1, -0.05) is 28.1 Å². The molecule has 0 aliphatic heterocycles. The zero-order chi connectivity index (χ0) is 14.5. The summed E-state index contributed by atoms with van der Waals surface area (Å²) in [6.07, 6.45) is 0.796. The summed E-state index contributed by atoms with van der Waals surface area (Å²) in [7, 11) is 1.67. The van der Waals surface area contributed by atoms with E-state index in [1.807, 2.05) is 24.3 Å². The van der Waals surface area contributed by atoms with Crippen LogP contribution in [0.3, 0.4) is 0 Å². The maximum absolute atomic E-state index is 9.36. The van der Waals surface area contributed by atoms with Crippen molar-refractivity contribution in [3.8, 4) is 11.5 Å². The monoisotopic (exact) mass is 335 g/mol. The van der Waals surface area contributed by atoms with Crippen LogP contribution < -0.4 is 10.5 Å². The molecule has 2 aromatic carbocycles. The first-order valence-corrected chi connectivity index (χ1v) is 7.24. The Morgan fingerprint density at radius 3 is 2.50 bits per heavy atom. The second-order valence-electron chi connectivity index (χ2n) is 4.68. The van der Waals surface area contributed by atoms with E-state index in [4.69, 9.17) is 10.5 Å². The van der Waals surface area contributed by atoms with Gasteiger partial charge in [-0.25, -0.2) is 0 Å². The average molecular weight is 336 g/mol. The third-order valence-electron chi connectivity index (χ3n) is 3.36. The van der Waals surface area contributed by atoms with Crippen molar-refractivity contribution in [2.75, 3.05) is 13.7 Å². The van der Waals surface area contributed by atoms with E-state index >= 15 is 0 Å². The van der Waals surface area contributed by atoms with Crippen LogP contribution in [0.1, 0.15) is 17.0 Å². The van der Waals surface area contributed by atoms with Gasteiger partial charge in [-0.15, -0.1) is 0 Å². The SMILES string of the molecule is COc1ccc(Br)cc1CC(CN)c1ccc(O)cc1. The van der Waals surface area contributed by atoms with Gasteiger partial charge >= 0.3 is 0 Å². The highest BCUT2D eigenvalue weighted by Gasteiger charge is 2.14. The van der Waals surface area contributed by atoms with E-state index < -0.39 is 0 Å². The number of hydrogen-bond acceptors (Lipinski definition) is 3. The standard InChI is InChI=1S/C16H18BrNO2/c1-20-16-7-4-14(17)9-12(16)8-13(10-18)11-2-5-15(19)6-3-11/h2-7,9,13,19H,8,10,18H2,1H3. The summed E-state index contributed by atoms with van der Waals surface area (Å²) in [5, 5.41) is 9.36. The van der Waals surface area contributed by atoms with Crippen LogP contribution in [0.2, 0.25) is 0 Å². The Morgan fingerprint density at radius 2 is 1.90 bits per heavy atom. The molecule has 106 valence electrons. The predicted octanol–water partition coefficient (Wildman–Crippen LogP) is 3.45. The van der Waals surface area contributed by atoms with Crippen molar-refractivity contribution >= 4 is 15.9 Å². The van der Waals surface area contributed by atoms with Crippen LogP contribution in [-0.2, 0) is 6.42 Å². The lowest BCUT2D eigenvalue weighted by Gasteiger charge is -2.17. The third kappa shape index (κ3) is 3.52. The van der Waals surface area contributed by atoms with E-state index in [0.717, 1.165) is 27.8 Å². The van der Waals surface area contributed by atoms with E-state index in [1.165, 1.54) is 0 Å².